The van der Waals surface area contributed by atoms with Crippen LogP contribution in [0.15, 0.2) is 35.4 Å². The van der Waals surface area contributed by atoms with Gasteiger partial charge in [-0.3, -0.25) is 4.79 Å². The van der Waals surface area contributed by atoms with Gasteiger partial charge in [-0.25, -0.2) is 0 Å². The first-order valence-corrected chi connectivity index (χ1v) is 7.79. The number of hydrogen-bond acceptors (Lipinski definition) is 4. The minimum absolute atomic E-state index is 0.000975. The lowest BCUT2D eigenvalue weighted by Crippen LogP contribution is -2.29. The molecule has 3 rings (SSSR count). The van der Waals surface area contributed by atoms with E-state index in [0.717, 1.165) is 11.1 Å². The summed E-state index contributed by atoms with van der Waals surface area (Å²) in [5.74, 6) is -0.428. The average molecular weight is 315 g/mol. The summed E-state index contributed by atoms with van der Waals surface area (Å²) in [4.78, 5) is 14.4. The number of benzene rings is 1. The summed E-state index contributed by atoms with van der Waals surface area (Å²) in [7, 11) is 0. The molecule has 0 spiro atoms. The number of phenols is 2. The van der Waals surface area contributed by atoms with E-state index in [4.69, 9.17) is 0 Å². The van der Waals surface area contributed by atoms with Gasteiger partial charge in [0.1, 0.15) is 11.5 Å². The van der Waals surface area contributed by atoms with E-state index in [1.54, 1.807) is 17.0 Å². The molecule has 0 saturated heterocycles. The van der Waals surface area contributed by atoms with Crippen LogP contribution in [0, 0.1) is 0 Å². The van der Waals surface area contributed by atoms with Crippen molar-refractivity contribution in [3.8, 4) is 11.5 Å². The molecule has 1 aliphatic heterocycles. The largest absolute Gasteiger partial charge is 0.508 e. The number of hydrogen-bond donors (Lipinski definition) is 3. The standard InChI is InChI=1S/C18H21NO4/c1-10(2)14-6-15(17(22)7-16(14)21)18(23)19-8-11-3-4-13(20)5-12(11)9-19/h3-4,6-7,10,13,20-22H,5,8-9H2,1-2H3. The number of carbonyl (C=O) groups excluding carboxylic acids is 1. The van der Waals surface area contributed by atoms with Gasteiger partial charge in [-0.1, -0.05) is 26.0 Å². The van der Waals surface area contributed by atoms with Crippen molar-refractivity contribution in [2.75, 3.05) is 13.1 Å². The second-order valence-electron chi connectivity index (χ2n) is 6.50. The fourth-order valence-corrected chi connectivity index (χ4v) is 3.16. The van der Waals surface area contributed by atoms with E-state index in [9.17, 15) is 20.1 Å². The van der Waals surface area contributed by atoms with Gasteiger partial charge in [-0.2, -0.15) is 0 Å². The van der Waals surface area contributed by atoms with Gasteiger partial charge in [-0.05, 0) is 28.7 Å². The van der Waals surface area contributed by atoms with Gasteiger partial charge in [0.15, 0.2) is 0 Å². The lowest BCUT2D eigenvalue weighted by atomic mass is 9.98. The molecule has 0 fully saturated rings. The van der Waals surface area contributed by atoms with E-state index in [1.165, 1.54) is 6.07 Å². The first-order valence-electron chi connectivity index (χ1n) is 7.79. The van der Waals surface area contributed by atoms with Crippen LogP contribution in [0.25, 0.3) is 0 Å². The van der Waals surface area contributed by atoms with Crippen molar-refractivity contribution >= 4 is 5.91 Å². The molecule has 1 aromatic rings. The smallest absolute Gasteiger partial charge is 0.258 e. The first-order chi connectivity index (χ1) is 10.9. The van der Waals surface area contributed by atoms with Gasteiger partial charge < -0.3 is 20.2 Å². The third kappa shape index (κ3) is 2.84. The zero-order chi connectivity index (χ0) is 16.7. The highest BCUT2D eigenvalue weighted by Gasteiger charge is 2.30. The summed E-state index contributed by atoms with van der Waals surface area (Å²) in [5.41, 5.74) is 2.97. The van der Waals surface area contributed by atoms with Gasteiger partial charge in [0.05, 0.1) is 11.7 Å². The Bertz CT molecular complexity index is 718. The van der Waals surface area contributed by atoms with Gasteiger partial charge in [0, 0.05) is 25.6 Å². The summed E-state index contributed by atoms with van der Waals surface area (Å²) < 4.78 is 0. The molecule has 0 bridgehead atoms. The number of carbonyl (C=O) groups is 1. The molecule has 5 nitrogen and oxygen atoms in total. The summed E-state index contributed by atoms with van der Waals surface area (Å²) in [6.07, 6.45) is 3.67. The number of rotatable bonds is 2. The van der Waals surface area contributed by atoms with Crippen molar-refractivity contribution in [3.63, 3.8) is 0 Å². The van der Waals surface area contributed by atoms with Gasteiger partial charge in [0.2, 0.25) is 0 Å². The summed E-state index contributed by atoms with van der Waals surface area (Å²) in [6, 6.07) is 2.80. The van der Waals surface area contributed by atoms with Crippen LogP contribution in [0.5, 0.6) is 11.5 Å². The summed E-state index contributed by atoms with van der Waals surface area (Å²) in [6.45, 7) is 4.78. The highest BCUT2D eigenvalue weighted by Crippen LogP contribution is 2.34. The highest BCUT2D eigenvalue weighted by atomic mass is 16.3. The number of aromatic hydroxyl groups is 2. The van der Waals surface area contributed by atoms with Crippen LogP contribution in [0.3, 0.4) is 0 Å². The molecule has 3 N–H and O–H groups in total. The Morgan fingerprint density at radius 3 is 2.65 bits per heavy atom. The third-order valence-corrected chi connectivity index (χ3v) is 4.46. The second kappa shape index (κ2) is 5.74. The summed E-state index contributed by atoms with van der Waals surface area (Å²) in [5, 5.41) is 29.6. The molecule has 122 valence electrons. The number of amides is 1. The van der Waals surface area contributed by atoms with Crippen LogP contribution in [-0.4, -0.2) is 45.3 Å². The molecule has 1 amide bonds. The lowest BCUT2D eigenvalue weighted by Gasteiger charge is -2.19. The number of phenolic OH excluding ortho intramolecular Hbond substituents is 2. The highest BCUT2D eigenvalue weighted by molar-refractivity contribution is 5.98. The molecule has 0 radical (unpaired) electrons. The predicted octanol–water partition coefficient (Wildman–Crippen LogP) is 2.29. The quantitative estimate of drug-likeness (QED) is 0.782. The molecule has 0 aromatic heterocycles. The average Bonchev–Trinajstić information content (AvgIpc) is 2.89. The zero-order valence-electron chi connectivity index (χ0n) is 13.3. The normalized spacial score (nSPS) is 20.3. The zero-order valence-corrected chi connectivity index (χ0v) is 13.3. The minimum Gasteiger partial charge on any atom is -0.508 e. The van der Waals surface area contributed by atoms with Crippen LogP contribution >= 0.6 is 0 Å². The maximum absolute atomic E-state index is 12.7. The molecular formula is C18H21NO4. The Balaban J connectivity index is 1.85. The van der Waals surface area contributed by atoms with Crippen molar-refractivity contribution in [3.05, 3.63) is 46.6 Å². The molecular weight excluding hydrogens is 294 g/mol. The van der Waals surface area contributed by atoms with Crippen LogP contribution in [0.1, 0.15) is 42.1 Å². The Labute approximate surface area is 135 Å². The number of nitrogens with zero attached hydrogens (tertiary/aromatic N) is 1. The molecule has 0 saturated carbocycles. The number of aliphatic hydroxyl groups is 1. The number of aliphatic hydroxyl groups excluding tert-OH is 1. The molecule has 1 aromatic carbocycles. The molecule has 1 unspecified atom stereocenters. The topological polar surface area (TPSA) is 81.0 Å². The van der Waals surface area contributed by atoms with Crippen LogP contribution in [-0.2, 0) is 0 Å². The molecule has 5 heteroatoms. The first kappa shape index (κ1) is 15.6. The van der Waals surface area contributed by atoms with E-state index >= 15 is 0 Å². The minimum atomic E-state index is -0.488. The second-order valence-corrected chi connectivity index (χ2v) is 6.50. The molecule has 23 heavy (non-hydrogen) atoms. The van der Waals surface area contributed by atoms with Gasteiger partial charge in [-0.15, -0.1) is 0 Å². The van der Waals surface area contributed by atoms with E-state index in [1.807, 2.05) is 19.9 Å². The van der Waals surface area contributed by atoms with Crippen LogP contribution in [0.2, 0.25) is 0 Å². The molecule has 1 atom stereocenters. The fraction of sp³-hybridized carbons (Fsp3) is 0.389. The monoisotopic (exact) mass is 315 g/mol. The summed E-state index contributed by atoms with van der Waals surface area (Å²) >= 11 is 0. The van der Waals surface area contributed by atoms with Crippen molar-refractivity contribution in [1.82, 2.24) is 4.90 Å². The maximum atomic E-state index is 12.7. The van der Waals surface area contributed by atoms with Crippen LogP contribution in [0.4, 0.5) is 0 Å². The molecule has 2 aliphatic rings. The van der Waals surface area contributed by atoms with E-state index < -0.39 is 6.10 Å². The van der Waals surface area contributed by atoms with Crippen molar-refractivity contribution in [1.29, 1.82) is 0 Å². The van der Waals surface area contributed by atoms with Gasteiger partial charge >= 0.3 is 0 Å². The maximum Gasteiger partial charge on any atom is 0.258 e. The predicted molar refractivity (Wildman–Crippen MR) is 86.6 cm³/mol. The van der Waals surface area contributed by atoms with E-state index in [2.05, 4.69) is 0 Å². The van der Waals surface area contributed by atoms with E-state index in [-0.39, 0.29) is 28.9 Å². The Morgan fingerprint density at radius 2 is 1.96 bits per heavy atom. The Kier molecular flexibility index (Phi) is 3.90. The Morgan fingerprint density at radius 1 is 1.22 bits per heavy atom. The lowest BCUT2D eigenvalue weighted by molar-refractivity contribution is 0.0792. The fourth-order valence-electron chi connectivity index (χ4n) is 3.16. The Hall–Kier alpha value is -2.27. The molecule has 1 aliphatic carbocycles. The molecule has 1 heterocycles. The SMILES string of the molecule is CC(C)c1cc(C(=O)N2CC3=C(CC(O)C=C3)C2)c(O)cc1O. The van der Waals surface area contributed by atoms with Crippen molar-refractivity contribution < 1.29 is 20.1 Å². The third-order valence-electron chi connectivity index (χ3n) is 4.46. The van der Waals surface area contributed by atoms with Crippen LogP contribution < -0.4 is 0 Å². The van der Waals surface area contributed by atoms with Gasteiger partial charge in [0.25, 0.3) is 5.91 Å². The van der Waals surface area contributed by atoms with E-state index in [0.29, 0.717) is 25.1 Å². The van der Waals surface area contributed by atoms with Crippen molar-refractivity contribution in [2.24, 2.45) is 0 Å². The van der Waals surface area contributed by atoms with Crippen molar-refractivity contribution in [2.45, 2.75) is 32.3 Å².